The first-order valence-corrected chi connectivity index (χ1v) is 7.29. The zero-order chi connectivity index (χ0) is 13.8. The summed E-state index contributed by atoms with van der Waals surface area (Å²) >= 11 is 3.60. The standard InChI is InChI=1S/C15H18BrN3/c1-4-17-15-12(16)13(10(2)3)18-14(19-15)11-8-6-5-7-9-11/h5-10H,4H2,1-3H3,(H,17,18,19). The lowest BCUT2D eigenvalue weighted by atomic mass is 10.1. The minimum atomic E-state index is 0.345. The average Bonchev–Trinajstić information content (AvgIpc) is 2.42. The number of nitrogens with zero attached hydrogens (tertiary/aromatic N) is 2. The van der Waals surface area contributed by atoms with E-state index >= 15 is 0 Å². The summed E-state index contributed by atoms with van der Waals surface area (Å²) in [5, 5.41) is 3.28. The highest BCUT2D eigenvalue weighted by molar-refractivity contribution is 9.10. The minimum absolute atomic E-state index is 0.345. The number of benzene rings is 1. The van der Waals surface area contributed by atoms with Gasteiger partial charge in [-0.3, -0.25) is 0 Å². The van der Waals surface area contributed by atoms with Crippen LogP contribution < -0.4 is 5.32 Å². The van der Waals surface area contributed by atoms with E-state index in [1.165, 1.54) is 0 Å². The molecule has 0 fully saturated rings. The molecule has 0 unspecified atom stereocenters. The van der Waals surface area contributed by atoms with E-state index in [9.17, 15) is 0 Å². The van der Waals surface area contributed by atoms with E-state index in [1.807, 2.05) is 30.3 Å². The zero-order valence-electron chi connectivity index (χ0n) is 11.4. The first-order chi connectivity index (χ1) is 9.13. The lowest BCUT2D eigenvalue weighted by Gasteiger charge is -2.14. The quantitative estimate of drug-likeness (QED) is 0.904. The highest BCUT2D eigenvalue weighted by atomic mass is 79.9. The van der Waals surface area contributed by atoms with E-state index in [4.69, 9.17) is 0 Å². The number of anilines is 1. The lowest BCUT2D eigenvalue weighted by Crippen LogP contribution is -2.07. The Morgan fingerprint density at radius 3 is 2.42 bits per heavy atom. The van der Waals surface area contributed by atoms with E-state index in [0.717, 1.165) is 33.9 Å². The largest absolute Gasteiger partial charge is 0.369 e. The van der Waals surface area contributed by atoms with Crippen molar-refractivity contribution < 1.29 is 0 Å². The van der Waals surface area contributed by atoms with Gasteiger partial charge in [0.2, 0.25) is 0 Å². The monoisotopic (exact) mass is 319 g/mol. The molecule has 0 aliphatic heterocycles. The SMILES string of the molecule is CCNc1nc(-c2ccccc2)nc(C(C)C)c1Br. The second kappa shape index (κ2) is 6.15. The highest BCUT2D eigenvalue weighted by Gasteiger charge is 2.15. The topological polar surface area (TPSA) is 37.8 Å². The summed E-state index contributed by atoms with van der Waals surface area (Å²) < 4.78 is 0.962. The molecular weight excluding hydrogens is 302 g/mol. The fourth-order valence-corrected chi connectivity index (χ4v) is 2.62. The van der Waals surface area contributed by atoms with Gasteiger partial charge < -0.3 is 5.32 Å². The maximum Gasteiger partial charge on any atom is 0.161 e. The Kier molecular flexibility index (Phi) is 4.53. The van der Waals surface area contributed by atoms with Crippen molar-refractivity contribution in [1.82, 2.24) is 9.97 Å². The Hall–Kier alpha value is -1.42. The summed E-state index contributed by atoms with van der Waals surface area (Å²) in [6.07, 6.45) is 0. The fourth-order valence-electron chi connectivity index (χ4n) is 1.85. The molecule has 0 saturated heterocycles. The first-order valence-electron chi connectivity index (χ1n) is 6.50. The molecule has 2 rings (SSSR count). The molecule has 1 N–H and O–H groups in total. The van der Waals surface area contributed by atoms with Gasteiger partial charge in [-0.15, -0.1) is 0 Å². The molecule has 19 heavy (non-hydrogen) atoms. The van der Waals surface area contributed by atoms with Gasteiger partial charge >= 0.3 is 0 Å². The van der Waals surface area contributed by atoms with Crippen molar-refractivity contribution in [3.05, 3.63) is 40.5 Å². The van der Waals surface area contributed by atoms with Crippen molar-refractivity contribution >= 4 is 21.7 Å². The predicted molar refractivity (Wildman–Crippen MR) is 83.4 cm³/mol. The number of nitrogens with one attached hydrogen (secondary N) is 1. The summed E-state index contributed by atoms with van der Waals surface area (Å²) in [6.45, 7) is 7.17. The molecule has 4 heteroatoms. The van der Waals surface area contributed by atoms with Crippen molar-refractivity contribution in [2.24, 2.45) is 0 Å². The number of hydrogen-bond donors (Lipinski definition) is 1. The molecule has 0 radical (unpaired) electrons. The molecule has 1 aromatic carbocycles. The normalized spacial score (nSPS) is 10.8. The van der Waals surface area contributed by atoms with Crippen LogP contribution in [-0.2, 0) is 0 Å². The maximum absolute atomic E-state index is 4.69. The predicted octanol–water partition coefficient (Wildman–Crippen LogP) is 4.46. The second-order valence-corrected chi connectivity index (χ2v) is 5.44. The first kappa shape index (κ1) is 14.0. The van der Waals surface area contributed by atoms with Crippen LogP contribution in [0.3, 0.4) is 0 Å². The number of halogens is 1. The number of aromatic nitrogens is 2. The third kappa shape index (κ3) is 3.13. The zero-order valence-corrected chi connectivity index (χ0v) is 13.0. The van der Waals surface area contributed by atoms with E-state index in [2.05, 4.69) is 52.0 Å². The van der Waals surface area contributed by atoms with Crippen molar-refractivity contribution in [3.63, 3.8) is 0 Å². The molecule has 0 saturated carbocycles. The summed E-state index contributed by atoms with van der Waals surface area (Å²) in [5.41, 5.74) is 2.07. The van der Waals surface area contributed by atoms with Crippen LogP contribution in [0.5, 0.6) is 0 Å². The van der Waals surface area contributed by atoms with Gasteiger partial charge in [0.05, 0.1) is 10.2 Å². The van der Waals surface area contributed by atoms with Crippen molar-refractivity contribution in [2.75, 3.05) is 11.9 Å². The Labute approximate surface area is 122 Å². The molecular formula is C15H18BrN3. The van der Waals surface area contributed by atoms with Gasteiger partial charge in [0, 0.05) is 12.1 Å². The molecule has 2 aromatic rings. The number of rotatable bonds is 4. The van der Waals surface area contributed by atoms with E-state index in [0.29, 0.717) is 5.92 Å². The van der Waals surface area contributed by atoms with Gasteiger partial charge in [-0.1, -0.05) is 44.2 Å². The van der Waals surface area contributed by atoms with Crippen LogP contribution >= 0.6 is 15.9 Å². The van der Waals surface area contributed by atoms with Crippen LogP contribution in [0.2, 0.25) is 0 Å². The van der Waals surface area contributed by atoms with Gasteiger partial charge in [0.15, 0.2) is 5.82 Å². The van der Waals surface area contributed by atoms with Crippen molar-refractivity contribution in [1.29, 1.82) is 0 Å². The molecule has 1 heterocycles. The molecule has 100 valence electrons. The molecule has 0 aliphatic rings. The fraction of sp³-hybridized carbons (Fsp3) is 0.333. The van der Waals surface area contributed by atoms with Crippen molar-refractivity contribution in [2.45, 2.75) is 26.7 Å². The third-order valence-electron chi connectivity index (χ3n) is 2.80. The third-order valence-corrected chi connectivity index (χ3v) is 3.58. The summed E-state index contributed by atoms with van der Waals surface area (Å²) in [6, 6.07) is 10.1. The molecule has 0 spiro atoms. The highest BCUT2D eigenvalue weighted by Crippen LogP contribution is 2.31. The van der Waals surface area contributed by atoms with Gasteiger partial charge in [-0.05, 0) is 28.8 Å². The van der Waals surface area contributed by atoms with Gasteiger partial charge in [0.1, 0.15) is 5.82 Å². The Balaban J connectivity index is 2.56. The number of hydrogen-bond acceptors (Lipinski definition) is 3. The Bertz CT molecular complexity index is 553. The van der Waals surface area contributed by atoms with Crippen LogP contribution in [0.15, 0.2) is 34.8 Å². The average molecular weight is 320 g/mol. The molecule has 0 bridgehead atoms. The van der Waals surface area contributed by atoms with E-state index < -0.39 is 0 Å². The van der Waals surface area contributed by atoms with Crippen LogP contribution in [0.4, 0.5) is 5.82 Å². The van der Waals surface area contributed by atoms with Crippen LogP contribution in [0.1, 0.15) is 32.4 Å². The Morgan fingerprint density at radius 1 is 1.16 bits per heavy atom. The van der Waals surface area contributed by atoms with E-state index in [-0.39, 0.29) is 0 Å². The van der Waals surface area contributed by atoms with Gasteiger partial charge in [0.25, 0.3) is 0 Å². The maximum atomic E-state index is 4.69. The minimum Gasteiger partial charge on any atom is -0.369 e. The molecule has 0 amide bonds. The van der Waals surface area contributed by atoms with Crippen LogP contribution in [0.25, 0.3) is 11.4 Å². The molecule has 0 aliphatic carbocycles. The van der Waals surface area contributed by atoms with Crippen LogP contribution in [-0.4, -0.2) is 16.5 Å². The molecule has 3 nitrogen and oxygen atoms in total. The second-order valence-electron chi connectivity index (χ2n) is 4.65. The van der Waals surface area contributed by atoms with Gasteiger partial charge in [-0.2, -0.15) is 0 Å². The smallest absolute Gasteiger partial charge is 0.161 e. The van der Waals surface area contributed by atoms with Gasteiger partial charge in [-0.25, -0.2) is 9.97 Å². The Morgan fingerprint density at radius 2 is 1.84 bits per heavy atom. The van der Waals surface area contributed by atoms with Crippen LogP contribution in [0, 0.1) is 0 Å². The summed E-state index contributed by atoms with van der Waals surface area (Å²) in [4.78, 5) is 9.29. The molecule has 1 aromatic heterocycles. The summed E-state index contributed by atoms with van der Waals surface area (Å²) in [5.74, 6) is 1.97. The lowest BCUT2D eigenvalue weighted by molar-refractivity contribution is 0.809. The van der Waals surface area contributed by atoms with E-state index in [1.54, 1.807) is 0 Å². The van der Waals surface area contributed by atoms with Crippen molar-refractivity contribution in [3.8, 4) is 11.4 Å². The molecule has 0 atom stereocenters. The summed E-state index contributed by atoms with van der Waals surface area (Å²) in [7, 11) is 0.